The monoisotopic (exact) mass is 261 g/mol. The molecule has 1 aromatic rings. The molecule has 2 rings (SSSR count). The number of hydrogen-bond acceptors (Lipinski definition) is 3. The highest BCUT2D eigenvalue weighted by Crippen LogP contribution is 2.28. The summed E-state index contributed by atoms with van der Waals surface area (Å²) < 4.78 is 5.41. The smallest absolute Gasteiger partial charge is 0.166 e. The van der Waals surface area contributed by atoms with Crippen LogP contribution in [-0.4, -0.2) is 26.0 Å². The van der Waals surface area contributed by atoms with E-state index < -0.39 is 0 Å². The highest BCUT2D eigenvalue weighted by molar-refractivity contribution is 5.99. The zero-order valence-corrected chi connectivity index (χ0v) is 12.1. The Hall–Kier alpha value is -1.35. The van der Waals surface area contributed by atoms with Gasteiger partial charge in [0.2, 0.25) is 0 Å². The third kappa shape index (κ3) is 3.35. The first-order valence-electron chi connectivity index (χ1n) is 7.01. The van der Waals surface area contributed by atoms with Gasteiger partial charge in [-0.2, -0.15) is 0 Å². The number of carbonyl (C=O) groups excluding carboxylic acids is 1. The van der Waals surface area contributed by atoms with Crippen LogP contribution in [0.1, 0.15) is 40.7 Å². The zero-order chi connectivity index (χ0) is 13.8. The number of methoxy groups -OCH3 is 1. The Bertz CT molecular complexity index is 462. The number of carbonyl (C=O) groups is 1. The van der Waals surface area contributed by atoms with Crippen LogP contribution < -0.4 is 10.1 Å². The third-order valence-electron chi connectivity index (χ3n) is 3.86. The molecule has 3 heteroatoms. The molecule has 0 amide bonds. The molecule has 104 valence electrons. The minimum Gasteiger partial charge on any atom is -0.496 e. The van der Waals surface area contributed by atoms with Gasteiger partial charge in [-0.3, -0.25) is 4.79 Å². The van der Waals surface area contributed by atoms with Gasteiger partial charge in [-0.15, -0.1) is 0 Å². The molecule has 0 aliphatic carbocycles. The predicted octanol–water partition coefficient (Wildman–Crippen LogP) is 2.88. The van der Waals surface area contributed by atoms with Crippen LogP contribution in [-0.2, 0) is 0 Å². The summed E-state index contributed by atoms with van der Waals surface area (Å²) >= 11 is 0. The Balaban J connectivity index is 2.17. The van der Waals surface area contributed by atoms with E-state index in [4.69, 9.17) is 4.74 Å². The normalized spacial score (nSPS) is 16.4. The first-order valence-corrected chi connectivity index (χ1v) is 7.01. The SMILES string of the molecule is COc1c(C)cc(C)cc1C(=O)CC1CCNCC1. The number of Topliss-reactive ketones (excluding diaryl/α,β-unsaturated/α-hetero) is 1. The third-order valence-corrected chi connectivity index (χ3v) is 3.86. The fourth-order valence-corrected chi connectivity index (χ4v) is 2.89. The Morgan fingerprint density at radius 3 is 2.63 bits per heavy atom. The molecule has 0 radical (unpaired) electrons. The molecule has 1 N–H and O–H groups in total. The molecule has 0 atom stereocenters. The van der Waals surface area contributed by atoms with E-state index in [0.717, 1.165) is 48.4 Å². The van der Waals surface area contributed by atoms with E-state index in [2.05, 4.69) is 11.4 Å². The fourth-order valence-electron chi connectivity index (χ4n) is 2.89. The number of rotatable bonds is 4. The summed E-state index contributed by atoms with van der Waals surface area (Å²) in [4.78, 5) is 12.5. The van der Waals surface area contributed by atoms with Crippen molar-refractivity contribution in [3.63, 3.8) is 0 Å². The molecule has 0 unspecified atom stereocenters. The van der Waals surface area contributed by atoms with Crippen molar-refractivity contribution in [1.82, 2.24) is 5.32 Å². The van der Waals surface area contributed by atoms with Gasteiger partial charge >= 0.3 is 0 Å². The summed E-state index contributed by atoms with van der Waals surface area (Å²) in [6.07, 6.45) is 2.83. The minimum atomic E-state index is 0.218. The van der Waals surface area contributed by atoms with Crippen LogP contribution in [0.3, 0.4) is 0 Å². The topological polar surface area (TPSA) is 38.3 Å². The van der Waals surface area contributed by atoms with Crippen LogP contribution >= 0.6 is 0 Å². The van der Waals surface area contributed by atoms with Crippen molar-refractivity contribution in [2.45, 2.75) is 33.1 Å². The fraction of sp³-hybridized carbons (Fsp3) is 0.562. The molecule has 1 saturated heterocycles. The van der Waals surface area contributed by atoms with E-state index in [-0.39, 0.29) is 5.78 Å². The Kier molecular flexibility index (Phi) is 4.59. The van der Waals surface area contributed by atoms with Crippen molar-refractivity contribution >= 4 is 5.78 Å². The largest absolute Gasteiger partial charge is 0.496 e. The molecule has 0 saturated carbocycles. The lowest BCUT2D eigenvalue weighted by atomic mass is 9.89. The van der Waals surface area contributed by atoms with E-state index in [9.17, 15) is 4.79 Å². The van der Waals surface area contributed by atoms with Gasteiger partial charge in [0.25, 0.3) is 0 Å². The predicted molar refractivity (Wildman–Crippen MR) is 77.0 cm³/mol. The Morgan fingerprint density at radius 2 is 2.00 bits per heavy atom. The van der Waals surface area contributed by atoms with Crippen molar-refractivity contribution in [3.8, 4) is 5.75 Å². The van der Waals surface area contributed by atoms with Gasteiger partial charge in [0.05, 0.1) is 12.7 Å². The highest BCUT2D eigenvalue weighted by atomic mass is 16.5. The molecule has 0 aromatic heterocycles. The minimum absolute atomic E-state index is 0.218. The van der Waals surface area contributed by atoms with Crippen LogP contribution in [0, 0.1) is 19.8 Å². The summed E-state index contributed by atoms with van der Waals surface area (Å²) in [5, 5.41) is 3.33. The number of ketones is 1. The van der Waals surface area contributed by atoms with Gasteiger partial charge in [0, 0.05) is 6.42 Å². The first-order chi connectivity index (χ1) is 9.11. The van der Waals surface area contributed by atoms with Crippen molar-refractivity contribution in [1.29, 1.82) is 0 Å². The van der Waals surface area contributed by atoms with Gasteiger partial charge in [-0.05, 0) is 62.9 Å². The second-order valence-corrected chi connectivity index (χ2v) is 5.48. The van der Waals surface area contributed by atoms with Gasteiger partial charge in [-0.1, -0.05) is 6.07 Å². The van der Waals surface area contributed by atoms with Gasteiger partial charge in [-0.25, -0.2) is 0 Å². The van der Waals surface area contributed by atoms with E-state index in [1.54, 1.807) is 7.11 Å². The second kappa shape index (κ2) is 6.20. The lowest BCUT2D eigenvalue weighted by molar-refractivity contribution is 0.0949. The summed E-state index contributed by atoms with van der Waals surface area (Å²) in [6.45, 7) is 6.07. The molecular formula is C16H23NO2. The molecule has 0 bridgehead atoms. The number of ether oxygens (including phenoxy) is 1. The van der Waals surface area contributed by atoms with E-state index in [1.165, 1.54) is 0 Å². The lowest BCUT2D eigenvalue weighted by Crippen LogP contribution is -2.29. The van der Waals surface area contributed by atoms with Crippen molar-refractivity contribution < 1.29 is 9.53 Å². The number of benzene rings is 1. The average molecular weight is 261 g/mol. The van der Waals surface area contributed by atoms with Crippen LogP contribution in [0.2, 0.25) is 0 Å². The van der Waals surface area contributed by atoms with Crippen LogP contribution in [0.5, 0.6) is 5.75 Å². The molecule has 3 nitrogen and oxygen atoms in total. The molecule has 1 aromatic carbocycles. The van der Waals surface area contributed by atoms with Gasteiger partial charge < -0.3 is 10.1 Å². The van der Waals surface area contributed by atoms with Crippen molar-refractivity contribution in [3.05, 3.63) is 28.8 Å². The number of nitrogens with one attached hydrogen (secondary N) is 1. The quantitative estimate of drug-likeness (QED) is 0.847. The maximum Gasteiger partial charge on any atom is 0.166 e. The van der Waals surface area contributed by atoms with E-state index in [0.29, 0.717) is 12.3 Å². The maximum absolute atomic E-state index is 12.5. The molecular weight excluding hydrogens is 238 g/mol. The van der Waals surface area contributed by atoms with Gasteiger partial charge in [0.1, 0.15) is 5.75 Å². The number of hydrogen-bond donors (Lipinski definition) is 1. The molecule has 1 aliphatic heterocycles. The van der Waals surface area contributed by atoms with Gasteiger partial charge in [0.15, 0.2) is 5.78 Å². The van der Waals surface area contributed by atoms with Crippen LogP contribution in [0.15, 0.2) is 12.1 Å². The first kappa shape index (κ1) is 14.1. The zero-order valence-electron chi connectivity index (χ0n) is 12.1. The average Bonchev–Trinajstić information content (AvgIpc) is 2.39. The Labute approximate surface area is 115 Å². The molecule has 1 heterocycles. The van der Waals surface area contributed by atoms with E-state index in [1.807, 2.05) is 19.9 Å². The lowest BCUT2D eigenvalue weighted by Gasteiger charge is -2.22. The second-order valence-electron chi connectivity index (χ2n) is 5.48. The van der Waals surface area contributed by atoms with Crippen molar-refractivity contribution in [2.24, 2.45) is 5.92 Å². The molecule has 1 aliphatic rings. The summed E-state index contributed by atoms with van der Waals surface area (Å²) in [5.74, 6) is 1.47. The summed E-state index contributed by atoms with van der Waals surface area (Å²) in [5.41, 5.74) is 2.90. The van der Waals surface area contributed by atoms with Crippen molar-refractivity contribution in [2.75, 3.05) is 20.2 Å². The molecule has 1 fully saturated rings. The molecule has 19 heavy (non-hydrogen) atoms. The van der Waals surface area contributed by atoms with E-state index >= 15 is 0 Å². The van der Waals surface area contributed by atoms with Crippen LogP contribution in [0.4, 0.5) is 0 Å². The number of aryl methyl sites for hydroxylation is 2. The maximum atomic E-state index is 12.5. The standard InChI is InChI=1S/C16H23NO2/c1-11-8-12(2)16(19-3)14(9-11)15(18)10-13-4-6-17-7-5-13/h8-9,13,17H,4-7,10H2,1-3H3. The summed E-state index contributed by atoms with van der Waals surface area (Å²) in [6, 6.07) is 4.01. The van der Waals surface area contributed by atoms with Crippen LogP contribution in [0.25, 0.3) is 0 Å². The number of piperidine rings is 1. The Morgan fingerprint density at radius 1 is 1.32 bits per heavy atom. The molecule has 0 spiro atoms. The highest BCUT2D eigenvalue weighted by Gasteiger charge is 2.21. The summed E-state index contributed by atoms with van der Waals surface area (Å²) in [7, 11) is 1.64.